The van der Waals surface area contributed by atoms with Gasteiger partial charge in [-0.3, -0.25) is 0 Å². The minimum atomic E-state index is 0.254. The fourth-order valence-corrected chi connectivity index (χ4v) is 2.29. The van der Waals surface area contributed by atoms with Crippen LogP contribution in [0.5, 0.6) is 0 Å². The lowest BCUT2D eigenvalue weighted by atomic mass is 10.3. The van der Waals surface area contributed by atoms with Crippen molar-refractivity contribution >= 4 is 28.5 Å². The van der Waals surface area contributed by atoms with Gasteiger partial charge in [0, 0.05) is 12.3 Å². The van der Waals surface area contributed by atoms with Gasteiger partial charge >= 0.3 is 0 Å². The molecule has 5 heteroatoms. The maximum Gasteiger partial charge on any atom is 0.117 e. The van der Waals surface area contributed by atoms with Crippen molar-refractivity contribution in [3.63, 3.8) is 0 Å². The summed E-state index contributed by atoms with van der Waals surface area (Å²) < 4.78 is 0. The molecule has 4 nitrogen and oxygen atoms in total. The molecule has 2 aromatic rings. The van der Waals surface area contributed by atoms with E-state index in [1.165, 1.54) is 0 Å². The van der Waals surface area contributed by atoms with E-state index >= 15 is 0 Å². The van der Waals surface area contributed by atoms with Crippen LogP contribution in [0.4, 0.5) is 5.69 Å². The maximum absolute atomic E-state index is 8.66. The van der Waals surface area contributed by atoms with E-state index in [1.807, 2.05) is 18.2 Å². The first-order valence-electron chi connectivity index (χ1n) is 5.22. The van der Waals surface area contributed by atoms with Gasteiger partial charge in [0.1, 0.15) is 5.82 Å². The highest BCUT2D eigenvalue weighted by Crippen LogP contribution is 2.17. The van der Waals surface area contributed by atoms with E-state index < -0.39 is 0 Å². The lowest BCUT2D eigenvalue weighted by molar-refractivity contribution is 0.296. The number of hydrogen-bond acceptors (Lipinski definition) is 4. The van der Waals surface area contributed by atoms with E-state index in [4.69, 9.17) is 10.8 Å². The van der Waals surface area contributed by atoms with Crippen molar-refractivity contribution < 1.29 is 5.11 Å². The number of thioether (sulfide) groups is 1. The molecule has 0 radical (unpaired) electrons. The second-order valence-corrected chi connectivity index (χ2v) is 4.70. The van der Waals surface area contributed by atoms with E-state index in [1.54, 1.807) is 11.8 Å². The van der Waals surface area contributed by atoms with Crippen LogP contribution >= 0.6 is 11.8 Å². The number of aliphatic hydroxyl groups excluding tert-OH is 1. The predicted octanol–water partition coefficient (Wildman–Crippen LogP) is 1.76. The van der Waals surface area contributed by atoms with Gasteiger partial charge in [0.25, 0.3) is 0 Å². The SMILES string of the molecule is Nc1ccc2nc(CSCCCO)[nH]c2c1. The number of nitrogens with zero attached hydrogens (tertiary/aromatic N) is 1. The number of imidazole rings is 1. The molecule has 0 bridgehead atoms. The van der Waals surface area contributed by atoms with Crippen molar-refractivity contribution in [1.82, 2.24) is 9.97 Å². The van der Waals surface area contributed by atoms with Gasteiger partial charge in [-0.15, -0.1) is 0 Å². The number of benzene rings is 1. The molecule has 2 rings (SSSR count). The normalized spacial score (nSPS) is 11.1. The minimum absolute atomic E-state index is 0.254. The third-order valence-corrected chi connectivity index (χ3v) is 3.30. The van der Waals surface area contributed by atoms with Crippen LogP contribution in [0.25, 0.3) is 11.0 Å². The molecule has 0 aliphatic rings. The Hall–Kier alpha value is -1.20. The summed E-state index contributed by atoms with van der Waals surface area (Å²) in [4.78, 5) is 7.70. The molecule has 0 spiro atoms. The van der Waals surface area contributed by atoms with E-state index in [9.17, 15) is 0 Å². The number of hydrogen-bond donors (Lipinski definition) is 3. The Labute approximate surface area is 98.3 Å². The van der Waals surface area contributed by atoms with E-state index in [0.717, 1.165) is 40.5 Å². The highest BCUT2D eigenvalue weighted by Gasteiger charge is 2.02. The fourth-order valence-electron chi connectivity index (χ4n) is 1.48. The number of rotatable bonds is 5. The number of aromatic amines is 1. The summed E-state index contributed by atoms with van der Waals surface area (Å²) in [6.07, 6.45) is 0.831. The van der Waals surface area contributed by atoms with Crippen LogP contribution in [0.3, 0.4) is 0 Å². The molecule has 0 saturated heterocycles. The molecule has 1 aromatic heterocycles. The summed E-state index contributed by atoms with van der Waals surface area (Å²) in [5, 5.41) is 8.66. The minimum Gasteiger partial charge on any atom is -0.399 e. The summed E-state index contributed by atoms with van der Waals surface area (Å²) in [6, 6.07) is 5.67. The van der Waals surface area contributed by atoms with Gasteiger partial charge in [0.2, 0.25) is 0 Å². The van der Waals surface area contributed by atoms with Crippen molar-refractivity contribution in [2.24, 2.45) is 0 Å². The van der Waals surface area contributed by atoms with Gasteiger partial charge in [0.05, 0.1) is 16.8 Å². The Bertz CT molecular complexity index is 469. The summed E-state index contributed by atoms with van der Waals surface area (Å²) in [5.41, 5.74) is 8.37. The van der Waals surface area contributed by atoms with Gasteiger partial charge in [-0.05, 0) is 30.4 Å². The smallest absolute Gasteiger partial charge is 0.117 e. The number of anilines is 1. The molecular weight excluding hydrogens is 222 g/mol. The molecule has 1 heterocycles. The van der Waals surface area contributed by atoms with Gasteiger partial charge < -0.3 is 15.8 Å². The first-order chi connectivity index (χ1) is 7.79. The summed E-state index contributed by atoms with van der Waals surface area (Å²) in [7, 11) is 0. The van der Waals surface area contributed by atoms with Gasteiger partial charge in [-0.1, -0.05) is 0 Å². The molecule has 0 fully saturated rings. The van der Waals surface area contributed by atoms with Crippen LogP contribution in [0.15, 0.2) is 18.2 Å². The average molecular weight is 237 g/mol. The zero-order valence-corrected chi connectivity index (χ0v) is 9.76. The van der Waals surface area contributed by atoms with Crippen LogP contribution in [0.2, 0.25) is 0 Å². The number of H-pyrrole nitrogens is 1. The Balaban J connectivity index is 2.02. The second kappa shape index (κ2) is 5.23. The van der Waals surface area contributed by atoms with Crippen molar-refractivity contribution in [3.8, 4) is 0 Å². The summed E-state index contributed by atoms with van der Waals surface area (Å²) in [6.45, 7) is 0.254. The Morgan fingerprint density at radius 1 is 1.44 bits per heavy atom. The number of nitrogens with one attached hydrogen (secondary N) is 1. The monoisotopic (exact) mass is 237 g/mol. The largest absolute Gasteiger partial charge is 0.399 e. The van der Waals surface area contributed by atoms with Crippen molar-refractivity contribution in [3.05, 3.63) is 24.0 Å². The van der Waals surface area contributed by atoms with E-state index in [-0.39, 0.29) is 6.61 Å². The molecule has 1 aromatic carbocycles. The Morgan fingerprint density at radius 2 is 2.31 bits per heavy atom. The molecule has 16 heavy (non-hydrogen) atoms. The highest BCUT2D eigenvalue weighted by molar-refractivity contribution is 7.98. The van der Waals surface area contributed by atoms with Crippen LogP contribution in [0, 0.1) is 0 Å². The molecule has 0 saturated carbocycles. The fraction of sp³-hybridized carbons (Fsp3) is 0.364. The first kappa shape index (κ1) is 11.3. The number of fused-ring (bicyclic) bond motifs is 1. The van der Waals surface area contributed by atoms with Crippen LogP contribution in [-0.4, -0.2) is 27.4 Å². The summed E-state index contributed by atoms with van der Waals surface area (Å²) in [5.74, 6) is 2.76. The molecule has 0 atom stereocenters. The second-order valence-electron chi connectivity index (χ2n) is 3.59. The van der Waals surface area contributed by atoms with Gasteiger partial charge in [-0.2, -0.15) is 11.8 Å². The molecule has 0 aliphatic heterocycles. The van der Waals surface area contributed by atoms with Gasteiger partial charge in [0.15, 0.2) is 0 Å². The molecule has 86 valence electrons. The highest BCUT2D eigenvalue weighted by atomic mass is 32.2. The Morgan fingerprint density at radius 3 is 3.12 bits per heavy atom. The quantitative estimate of drug-likeness (QED) is 0.547. The molecule has 0 unspecified atom stereocenters. The van der Waals surface area contributed by atoms with Crippen LogP contribution in [0.1, 0.15) is 12.2 Å². The van der Waals surface area contributed by atoms with Gasteiger partial charge in [-0.25, -0.2) is 4.98 Å². The topological polar surface area (TPSA) is 74.9 Å². The maximum atomic E-state index is 8.66. The van der Waals surface area contributed by atoms with Crippen LogP contribution in [-0.2, 0) is 5.75 Å². The standard InChI is InChI=1S/C11H15N3OS/c12-8-2-3-9-10(6-8)14-11(13-9)7-16-5-1-4-15/h2-3,6,15H,1,4-5,7,12H2,(H,13,14). The van der Waals surface area contributed by atoms with E-state index in [2.05, 4.69) is 9.97 Å². The molecular formula is C11H15N3OS. The lowest BCUT2D eigenvalue weighted by Gasteiger charge is -1.95. The first-order valence-corrected chi connectivity index (χ1v) is 6.38. The molecule has 0 aliphatic carbocycles. The number of nitrogens with two attached hydrogens (primary N) is 1. The van der Waals surface area contributed by atoms with Crippen molar-refractivity contribution in [1.29, 1.82) is 0 Å². The predicted molar refractivity (Wildman–Crippen MR) is 68.4 cm³/mol. The number of aliphatic hydroxyl groups is 1. The zero-order valence-electron chi connectivity index (χ0n) is 8.94. The number of nitrogen functional groups attached to an aromatic ring is 1. The molecule has 4 N–H and O–H groups in total. The third kappa shape index (κ3) is 2.68. The van der Waals surface area contributed by atoms with Crippen molar-refractivity contribution in [2.45, 2.75) is 12.2 Å². The average Bonchev–Trinajstić information content (AvgIpc) is 2.66. The lowest BCUT2D eigenvalue weighted by Crippen LogP contribution is -1.88. The van der Waals surface area contributed by atoms with Crippen molar-refractivity contribution in [2.75, 3.05) is 18.1 Å². The zero-order chi connectivity index (χ0) is 11.4. The number of aromatic nitrogens is 2. The third-order valence-electron chi connectivity index (χ3n) is 2.24. The summed E-state index contributed by atoms with van der Waals surface area (Å²) >= 11 is 1.77. The molecule has 0 amide bonds. The Kier molecular flexibility index (Phi) is 3.69. The van der Waals surface area contributed by atoms with E-state index in [0.29, 0.717) is 0 Å². The van der Waals surface area contributed by atoms with Crippen LogP contribution < -0.4 is 5.73 Å².